The number of nitrogens with zero attached hydrogens (tertiary/aromatic N) is 3. The van der Waals surface area contributed by atoms with Crippen LogP contribution in [-0.2, 0) is 17.1 Å². The fourth-order valence-electron chi connectivity index (χ4n) is 2.60. The van der Waals surface area contributed by atoms with E-state index in [0.29, 0.717) is 17.1 Å². The zero-order valence-corrected chi connectivity index (χ0v) is 15.7. The van der Waals surface area contributed by atoms with E-state index in [2.05, 4.69) is 20.0 Å². The Labute approximate surface area is 153 Å². The van der Waals surface area contributed by atoms with Crippen molar-refractivity contribution in [3.8, 4) is 11.3 Å². The smallest absolute Gasteiger partial charge is 0.241 e. The Morgan fingerprint density at radius 3 is 2.50 bits per heavy atom. The van der Waals surface area contributed by atoms with Gasteiger partial charge >= 0.3 is 0 Å². The number of imidazole rings is 1. The van der Waals surface area contributed by atoms with Gasteiger partial charge in [-0.3, -0.25) is 0 Å². The van der Waals surface area contributed by atoms with Gasteiger partial charge in [0.05, 0.1) is 12.0 Å². The summed E-state index contributed by atoms with van der Waals surface area (Å²) in [6.45, 7) is 2.03. The molecule has 0 saturated heterocycles. The quantitative estimate of drug-likeness (QED) is 0.695. The van der Waals surface area contributed by atoms with E-state index < -0.39 is 10.0 Å². The Hall–Kier alpha value is -2.71. The first-order valence-corrected chi connectivity index (χ1v) is 9.62. The van der Waals surface area contributed by atoms with Crippen molar-refractivity contribution in [1.29, 1.82) is 0 Å². The molecule has 0 unspecified atom stereocenters. The third-order valence-electron chi connectivity index (χ3n) is 4.08. The number of nitrogens with one attached hydrogen (secondary N) is 2. The molecule has 0 saturated carbocycles. The molecule has 0 bridgehead atoms. The number of hydrogen-bond acceptors (Lipinski definition) is 5. The van der Waals surface area contributed by atoms with Gasteiger partial charge in [-0.1, -0.05) is 30.3 Å². The van der Waals surface area contributed by atoms with Gasteiger partial charge in [0, 0.05) is 31.0 Å². The molecule has 2 aromatic heterocycles. The van der Waals surface area contributed by atoms with E-state index in [1.165, 1.54) is 13.2 Å². The minimum atomic E-state index is -3.59. The summed E-state index contributed by atoms with van der Waals surface area (Å²) < 4.78 is 28.4. The summed E-state index contributed by atoms with van der Waals surface area (Å²) in [5.74, 6) is 0.579. The Morgan fingerprint density at radius 2 is 1.88 bits per heavy atom. The molecule has 0 aliphatic heterocycles. The second-order valence-corrected chi connectivity index (χ2v) is 7.86. The average Bonchev–Trinajstić information content (AvgIpc) is 3.08. The van der Waals surface area contributed by atoms with Gasteiger partial charge in [-0.15, -0.1) is 0 Å². The van der Waals surface area contributed by atoms with Crippen molar-refractivity contribution in [1.82, 2.24) is 19.3 Å². The van der Waals surface area contributed by atoms with Gasteiger partial charge in [-0.2, -0.15) is 0 Å². The van der Waals surface area contributed by atoms with Gasteiger partial charge in [0.1, 0.15) is 10.7 Å². The van der Waals surface area contributed by atoms with E-state index in [0.717, 1.165) is 5.56 Å². The molecule has 0 amide bonds. The molecule has 3 aromatic rings. The summed E-state index contributed by atoms with van der Waals surface area (Å²) in [4.78, 5) is 8.80. The van der Waals surface area contributed by atoms with Crippen LogP contribution in [0.15, 0.2) is 60.0 Å². The molecular formula is C18H21N5O2S. The van der Waals surface area contributed by atoms with Crippen molar-refractivity contribution < 1.29 is 8.42 Å². The van der Waals surface area contributed by atoms with Crippen LogP contribution in [0.3, 0.4) is 0 Å². The number of sulfonamides is 1. The lowest BCUT2D eigenvalue weighted by Gasteiger charge is -2.17. The van der Waals surface area contributed by atoms with Crippen molar-refractivity contribution in [2.24, 2.45) is 7.05 Å². The number of pyridine rings is 1. The highest BCUT2D eigenvalue weighted by molar-refractivity contribution is 7.89. The van der Waals surface area contributed by atoms with Crippen LogP contribution in [0.2, 0.25) is 0 Å². The maximum atomic E-state index is 12.1. The molecule has 0 aliphatic carbocycles. The third-order valence-corrected chi connectivity index (χ3v) is 5.46. The maximum Gasteiger partial charge on any atom is 0.241 e. The van der Waals surface area contributed by atoms with Crippen molar-refractivity contribution >= 4 is 15.8 Å². The molecule has 136 valence electrons. The van der Waals surface area contributed by atoms with Crippen molar-refractivity contribution in [3.63, 3.8) is 0 Å². The molecule has 1 atom stereocenters. The maximum absolute atomic E-state index is 12.1. The predicted octanol–water partition coefficient (Wildman–Crippen LogP) is 2.56. The van der Waals surface area contributed by atoms with Gasteiger partial charge < -0.3 is 9.88 Å². The van der Waals surface area contributed by atoms with Gasteiger partial charge in [0.25, 0.3) is 0 Å². The summed E-state index contributed by atoms with van der Waals surface area (Å²) in [5, 5.41) is 3.36. The lowest BCUT2D eigenvalue weighted by atomic mass is 10.1. The molecule has 0 spiro atoms. The number of hydrogen-bond donors (Lipinski definition) is 2. The number of benzene rings is 1. The second kappa shape index (κ2) is 7.27. The van der Waals surface area contributed by atoms with E-state index in [1.807, 2.05) is 50.5 Å². The molecule has 0 aliphatic rings. The van der Waals surface area contributed by atoms with Crippen molar-refractivity contribution in [2.45, 2.75) is 17.9 Å². The van der Waals surface area contributed by atoms with Crippen LogP contribution >= 0.6 is 0 Å². The Kier molecular flexibility index (Phi) is 5.06. The van der Waals surface area contributed by atoms with Gasteiger partial charge in [-0.05, 0) is 25.6 Å². The van der Waals surface area contributed by atoms with Crippen LogP contribution in [0.5, 0.6) is 0 Å². The highest BCUT2D eigenvalue weighted by atomic mass is 32.2. The molecule has 8 heteroatoms. The number of anilines is 1. The topological polar surface area (TPSA) is 88.9 Å². The van der Waals surface area contributed by atoms with E-state index in [1.54, 1.807) is 17.0 Å². The molecule has 1 aromatic carbocycles. The van der Waals surface area contributed by atoms with Crippen LogP contribution in [0.25, 0.3) is 11.3 Å². The van der Waals surface area contributed by atoms with Crippen LogP contribution in [0.4, 0.5) is 5.82 Å². The first kappa shape index (κ1) is 18.1. The van der Waals surface area contributed by atoms with E-state index in [4.69, 9.17) is 0 Å². The average molecular weight is 371 g/mol. The summed E-state index contributed by atoms with van der Waals surface area (Å²) in [7, 11) is -0.361. The van der Waals surface area contributed by atoms with Crippen LogP contribution in [-0.4, -0.2) is 30.0 Å². The largest absolute Gasteiger partial charge is 0.363 e. The minimum Gasteiger partial charge on any atom is -0.363 e. The summed E-state index contributed by atoms with van der Waals surface area (Å²) in [5.41, 5.74) is 2.38. The third kappa shape index (κ3) is 3.76. The SMILES string of the molecule is CNS(=O)(=O)c1cnc(N[C@@H](C)c2ccccc2)c(-c2cn(C)cn2)c1. The van der Waals surface area contributed by atoms with Crippen molar-refractivity contribution in [3.05, 3.63) is 60.7 Å². The number of rotatable bonds is 6. The lowest BCUT2D eigenvalue weighted by molar-refractivity contribution is 0.588. The van der Waals surface area contributed by atoms with Crippen LogP contribution in [0, 0.1) is 0 Å². The predicted molar refractivity (Wildman–Crippen MR) is 101 cm³/mol. The second-order valence-electron chi connectivity index (χ2n) is 5.98. The summed E-state index contributed by atoms with van der Waals surface area (Å²) >= 11 is 0. The number of aryl methyl sites for hydroxylation is 1. The Balaban J connectivity index is 2.04. The summed E-state index contributed by atoms with van der Waals surface area (Å²) in [6, 6.07) is 11.5. The zero-order valence-electron chi connectivity index (χ0n) is 14.8. The molecule has 7 nitrogen and oxygen atoms in total. The van der Waals surface area contributed by atoms with E-state index in [9.17, 15) is 8.42 Å². The van der Waals surface area contributed by atoms with E-state index >= 15 is 0 Å². The van der Waals surface area contributed by atoms with Gasteiger partial charge in [0.2, 0.25) is 10.0 Å². The molecule has 26 heavy (non-hydrogen) atoms. The van der Waals surface area contributed by atoms with Crippen molar-refractivity contribution in [2.75, 3.05) is 12.4 Å². The minimum absolute atomic E-state index is 0.00193. The molecule has 2 N–H and O–H groups in total. The lowest BCUT2D eigenvalue weighted by Crippen LogP contribution is -2.19. The molecular weight excluding hydrogens is 350 g/mol. The van der Waals surface area contributed by atoms with Crippen LogP contribution < -0.4 is 10.0 Å². The van der Waals surface area contributed by atoms with E-state index in [-0.39, 0.29) is 10.9 Å². The highest BCUT2D eigenvalue weighted by Gasteiger charge is 2.18. The normalized spacial score (nSPS) is 12.7. The van der Waals surface area contributed by atoms with Gasteiger partial charge in [0.15, 0.2) is 0 Å². The summed E-state index contributed by atoms with van der Waals surface area (Å²) in [6.07, 6.45) is 4.84. The van der Waals surface area contributed by atoms with Gasteiger partial charge in [-0.25, -0.2) is 23.1 Å². The fourth-order valence-corrected chi connectivity index (χ4v) is 3.30. The van der Waals surface area contributed by atoms with Crippen LogP contribution in [0.1, 0.15) is 18.5 Å². The molecule has 2 heterocycles. The Bertz CT molecular complexity index is 999. The standard InChI is InChI=1S/C18H21N5O2S/c1-13(14-7-5-4-6-8-14)22-18-16(17-11-23(3)12-21-17)9-15(10-20-18)26(24,25)19-2/h4-13,19H,1-3H3,(H,20,22)/t13-/m0/s1. The number of aromatic nitrogens is 3. The molecule has 0 radical (unpaired) electrons. The first-order chi connectivity index (χ1) is 12.4. The molecule has 0 fully saturated rings. The first-order valence-electron chi connectivity index (χ1n) is 8.14. The zero-order chi connectivity index (χ0) is 18.7. The molecule has 3 rings (SSSR count). The monoisotopic (exact) mass is 371 g/mol. The highest BCUT2D eigenvalue weighted by Crippen LogP contribution is 2.30. The fraction of sp³-hybridized carbons (Fsp3) is 0.222. The Morgan fingerprint density at radius 1 is 1.15 bits per heavy atom.